The van der Waals surface area contributed by atoms with Gasteiger partial charge in [0.25, 0.3) is 5.91 Å². The molecule has 27 heavy (non-hydrogen) atoms. The van der Waals surface area contributed by atoms with E-state index in [4.69, 9.17) is 4.74 Å². The Balaban J connectivity index is 1.86. The molecular formula is C20H24N4O3. The Bertz CT molecular complexity index is 812. The van der Waals surface area contributed by atoms with E-state index in [1.165, 1.54) is 0 Å². The largest absolute Gasteiger partial charge is 0.497 e. The number of nitrogens with zero attached hydrogens (tertiary/aromatic N) is 2. The van der Waals surface area contributed by atoms with Crippen molar-refractivity contribution >= 4 is 28.9 Å². The van der Waals surface area contributed by atoms with Crippen LogP contribution in [0.15, 0.2) is 53.6 Å². The number of hydrazone groups is 1. The maximum atomic E-state index is 12.1. The zero-order valence-electron chi connectivity index (χ0n) is 15.9. The topological polar surface area (TPSA) is 83.0 Å². The predicted octanol–water partition coefficient (Wildman–Crippen LogP) is 2.90. The molecule has 2 N–H and O–H groups in total. The number of nitrogens with one attached hydrogen (secondary N) is 2. The van der Waals surface area contributed by atoms with Crippen LogP contribution in [0.3, 0.4) is 0 Å². The average molecular weight is 368 g/mol. The highest BCUT2D eigenvalue weighted by Crippen LogP contribution is 2.15. The van der Waals surface area contributed by atoms with E-state index >= 15 is 0 Å². The molecule has 0 saturated carbocycles. The molecule has 0 fully saturated rings. The molecule has 2 aromatic rings. The van der Waals surface area contributed by atoms with Crippen LogP contribution in [0.25, 0.3) is 0 Å². The summed E-state index contributed by atoms with van der Waals surface area (Å²) < 4.78 is 5.05. The number of ether oxygens (including phenoxy) is 1. The monoisotopic (exact) mass is 368 g/mol. The van der Waals surface area contributed by atoms with Crippen LogP contribution >= 0.6 is 0 Å². The van der Waals surface area contributed by atoms with Crippen molar-refractivity contribution in [1.82, 2.24) is 5.43 Å². The second-order valence-electron chi connectivity index (χ2n) is 6.18. The summed E-state index contributed by atoms with van der Waals surface area (Å²) in [5, 5.41) is 6.79. The van der Waals surface area contributed by atoms with Gasteiger partial charge in [-0.2, -0.15) is 5.10 Å². The number of benzene rings is 2. The lowest BCUT2D eigenvalue weighted by molar-refractivity contribution is -0.115. The SMILES string of the molecule is COc1ccc(C(=O)NN=C(C)CC(=O)Nc2ccc(N(C)C)cc2)cc1. The maximum Gasteiger partial charge on any atom is 0.271 e. The molecule has 0 aliphatic heterocycles. The number of carbonyl (C=O) groups excluding carboxylic acids is 2. The zero-order valence-corrected chi connectivity index (χ0v) is 15.9. The Morgan fingerprint density at radius 2 is 1.67 bits per heavy atom. The summed E-state index contributed by atoms with van der Waals surface area (Å²) >= 11 is 0. The van der Waals surface area contributed by atoms with Crippen LogP contribution in [0.2, 0.25) is 0 Å². The number of anilines is 2. The van der Waals surface area contributed by atoms with Crippen LogP contribution in [-0.4, -0.2) is 38.7 Å². The summed E-state index contributed by atoms with van der Waals surface area (Å²) in [6.45, 7) is 1.68. The standard InChI is InChI=1S/C20H24N4O3/c1-14(22-23-20(26)15-5-11-18(27-4)12-6-15)13-19(25)21-16-7-9-17(10-8-16)24(2)3/h5-12H,13H2,1-4H3,(H,21,25)(H,23,26). The Morgan fingerprint density at radius 3 is 2.22 bits per heavy atom. The van der Waals surface area contributed by atoms with Crippen molar-refractivity contribution < 1.29 is 14.3 Å². The van der Waals surface area contributed by atoms with Gasteiger partial charge in [0, 0.05) is 36.7 Å². The number of hydrogen-bond acceptors (Lipinski definition) is 5. The highest BCUT2D eigenvalue weighted by molar-refractivity contribution is 6.06. The summed E-state index contributed by atoms with van der Waals surface area (Å²) in [5.41, 5.74) is 5.16. The minimum Gasteiger partial charge on any atom is -0.497 e. The van der Waals surface area contributed by atoms with E-state index in [0.29, 0.717) is 22.7 Å². The van der Waals surface area contributed by atoms with Gasteiger partial charge < -0.3 is 15.0 Å². The molecule has 0 saturated heterocycles. The van der Waals surface area contributed by atoms with Crippen LogP contribution in [0.1, 0.15) is 23.7 Å². The van der Waals surface area contributed by atoms with E-state index in [-0.39, 0.29) is 18.2 Å². The molecule has 2 aromatic carbocycles. The zero-order chi connectivity index (χ0) is 19.8. The Morgan fingerprint density at radius 1 is 1.04 bits per heavy atom. The molecule has 0 radical (unpaired) electrons. The van der Waals surface area contributed by atoms with Crippen molar-refractivity contribution in [3.63, 3.8) is 0 Å². The molecule has 0 spiro atoms. The number of hydrogen-bond donors (Lipinski definition) is 2. The van der Waals surface area contributed by atoms with E-state index < -0.39 is 0 Å². The summed E-state index contributed by atoms with van der Waals surface area (Å²) in [6, 6.07) is 14.2. The highest BCUT2D eigenvalue weighted by Gasteiger charge is 2.07. The van der Waals surface area contributed by atoms with E-state index in [1.54, 1.807) is 38.3 Å². The van der Waals surface area contributed by atoms with Crippen LogP contribution in [0.4, 0.5) is 11.4 Å². The highest BCUT2D eigenvalue weighted by atomic mass is 16.5. The van der Waals surface area contributed by atoms with Gasteiger partial charge in [-0.05, 0) is 55.5 Å². The quantitative estimate of drug-likeness (QED) is 0.581. The van der Waals surface area contributed by atoms with Crippen molar-refractivity contribution in [1.29, 1.82) is 0 Å². The van der Waals surface area contributed by atoms with E-state index in [1.807, 2.05) is 43.3 Å². The van der Waals surface area contributed by atoms with E-state index in [9.17, 15) is 9.59 Å². The first kappa shape index (κ1) is 20.0. The fourth-order valence-corrected chi connectivity index (χ4v) is 2.27. The van der Waals surface area contributed by atoms with Gasteiger partial charge in [0.15, 0.2) is 0 Å². The molecular weight excluding hydrogens is 344 g/mol. The lowest BCUT2D eigenvalue weighted by Crippen LogP contribution is -2.21. The first-order valence-electron chi connectivity index (χ1n) is 8.44. The molecule has 0 heterocycles. The minimum absolute atomic E-state index is 0.0817. The molecule has 2 amide bonds. The number of methoxy groups -OCH3 is 1. The van der Waals surface area contributed by atoms with Crippen LogP contribution in [0.5, 0.6) is 5.75 Å². The normalized spacial score (nSPS) is 10.9. The fraction of sp³-hybridized carbons (Fsp3) is 0.250. The maximum absolute atomic E-state index is 12.1. The van der Waals surface area contributed by atoms with Gasteiger partial charge in [-0.15, -0.1) is 0 Å². The minimum atomic E-state index is -0.350. The van der Waals surface area contributed by atoms with Crippen molar-refractivity contribution in [3.8, 4) is 5.75 Å². The summed E-state index contributed by atoms with van der Waals surface area (Å²) in [6.07, 6.45) is 0.0817. The molecule has 0 bridgehead atoms. The average Bonchev–Trinajstić information content (AvgIpc) is 2.66. The molecule has 0 atom stereocenters. The lowest BCUT2D eigenvalue weighted by Gasteiger charge is -2.13. The van der Waals surface area contributed by atoms with Crippen molar-refractivity contribution in [2.75, 3.05) is 31.4 Å². The number of rotatable bonds is 7. The van der Waals surface area contributed by atoms with Crippen molar-refractivity contribution in [2.45, 2.75) is 13.3 Å². The van der Waals surface area contributed by atoms with Gasteiger partial charge in [0.1, 0.15) is 5.75 Å². The Hall–Kier alpha value is -3.35. The van der Waals surface area contributed by atoms with Crippen LogP contribution < -0.4 is 20.4 Å². The van der Waals surface area contributed by atoms with E-state index in [0.717, 1.165) is 5.69 Å². The fourth-order valence-electron chi connectivity index (χ4n) is 2.27. The Labute approximate surface area is 159 Å². The second-order valence-corrected chi connectivity index (χ2v) is 6.18. The van der Waals surface area contributed by atoms with Gasteiger partial charge in [-0.25, -0.2) is 5.43 Å². The molecule has 0 aliphatic carbocycles. The third kappa shape index (κ3) is 6.14. The predicted molar refractivity (Wildman–Crippen MR) is 108 cm³/mol. The third-order valence-electron chi connectivity index (χ3n) is 3.78. The van der Waals surface area contributed by atoms with Gasteiger partial charge in [0.2, 0.25) is 5.91 Å². The number of carbonyl (C=O) groups is 2. The summed E-state index contributed by atoms with van der Waals surface area (Å²) in [7, 11) is 5.46. The van der Waals surface area contributed by atoms with Crippen LogP contribution in [-0.2, 0) is 4.79 Å². The molecule has 0 aromatic heterocycles. The smallest absolute Gasteiger partial charge is 0.271 e. The van der Waals surface area contributed by atoms with Crippen molar-refractivity contribution in [3.05, 3.63) is 54.1 Å². The van der Waals surface area contributed by atoms with Crippen molar-refractivity contribution in [2.24, 2.45) is 5.10 Å². The molecule has 7 nitrogen and oxygen atoms in total. The first-order valence-corrected chi connectivity index (χ1v) is 8.44. The molecule has 0 unspecified atom stereocenters. The molecule has 2 rings (SSSR count). The van der Waals surface area contributed by atoms with Gasteiger partial charge in [0.05, 0.1) is 13.5 Å². The van der Waals surface area contributed by atoms with Gasteiger partial charge in [-0.3, -0.25) is 9.59 Å². The van der Waals surface area contributed by atoms with Crippen LogP contribution in [0, 0.1) is 0 Å². The third-order valence-corrected chi connectivity index (χ3v) is 3.78. The molecule has 142 valence electrons. The second kappa shape index (κ2) is 9.38. The van der Waals surface area contributed by atoms with Gasteiger partial charge >= 0.3 is 0 Å². The molecule has 7 heteroatoms. The summed E-state index contributed by atoms with van der Waals surface area (Å²) in [4.78, 5) is 26.1. The van der Waals surface area contributed by atoms with Gasteiger partial charge in [-0.1, -0.05) is 0 Å². The Kier molecular flexibility index (Phi) is 6.93. The molecule has 0 aliphatic rings. The number of amides is 2. The first-order chi connectivity index (χ1) is 12.9. The van der Waals surface area contributed by atoms with E-state index in [2.05, 4.69) is 15.8 Å². The lowest BCUT2D eigenvalue weighted by atomic mass is 10.2. The summed E-state index contributed by atoms with van der Waals surface area (Å²) in [5.74, 6) is 0.116.